The molecule has 1 heterocycles. The summed E-state index contributed by atoms with van der Waals surface area (Å²) in [7, 11) is 0. The number of rotatable bonds is 5. The lowest BCUT2D eigenvalue weighted by molar-refractivity contribution is 0.836. The fourth-order valence-electron chi connectivity index (χ4n) is 3.00. The Bertz CT molecular complexity index is 1030. The minimum absolute atomic E-state index is 0.868. The van der Waals surface area contributed by atoms with Crippen molar-refractivity contribution in [3.8, 4) is 0 Å². The molecule has 0 radical (unpaired) electrons. The second-order valence-electron chi connectivity index (χ2n) is 6.48. The number of aryl methyl sites for hydroxylation is 1. The first kappa shape index (κ1) is 16.2. The normalized spacial score (nSPS) is 11.3. The van der Waals surface area contributed by atoms with Crippen LogP contribution in [-0.4, -0.2) is 10.8 Å². The van der Waals surface area contributed by atoms with Crippen LogP contribution in [0.5, 0.6) is 0 Å². The van der Waals surface area contributed by atoms with Crippen molar-refractivity contribution in [3.63, 3.8) is 0 Å². The molecule has 0 atom stereocenters. The standard InChI is InChI=1S/C23H21N3/c1-18-7-9-19(10-8-18)17-26-14-13-21-12-11-20(15-23(21)26)16-24-25-22-5-3-2-4-6-22/h2-16,25H,17H2,1H3. The third-order valence-corrected chi connectivity index (χ3v) is 4.45. The van der Waals surface area contributed by atoms with E-state index in [1.54, 1.807) is 0 Å². The predicted molar refractivity (Wildman–Crippen MR) is 110 cm³/mol. The topological polar surface area (TPSA) is 29.3 Å². The summed E-state index contributed by atoms with van der Waals surface area (Å²) in [4.78, 5) is 0. The van der Waals surface area contributed by atoms with Gasteiger partial charge in [0.2, 0.25) is 0 Å². The number of hydrazone groups is 1. The number of nitrogens with one attached hydrogen (secondary N) is 1. The predicted octanol–water partition coefficient (Wildman–Crippen LogP) is 5.44. The molecule has 3 nitrogen and oxygen atoms in total. The van der Waals surface area contributed by atoms with Crippen LogP contribution in [0.25, 0.3) is 10.9 Å². The van der Waals surface area contributed by atoms with Gasteiger partial charge >= 0.3 is 0 Å². The van der Waals surface area contributed by atoms with Gasteiger partial charge in [0.1, 0.15) is 0 Å². The van der Waals surface area contributed by atoms with E-state index in [4.69, 9.17) is 0 Å². The Kier molecular flexibility index (Phi) is 4.52. The molecule has 4 rings (SSSR count). The molecule has 0 spiro atoms. The van der Waals surface area contributed by atoms with Gasteiger partial charge in [-0.15, -0.1) is 0 Å². The van der Waals surface area contributed by atoms with E-state index in [-0.39, 0.29) is 0 Å². The first-order chi connectivity index (χ1) is 12.8. The largest absolute Gasteiger partial charge is 0.343 e. The quantitative estimate of drug-likeness (QED) is 0.380. The van der Waals surface area contributed by atoms with Crippen LogP contribution in [0.2, 0.25) is 0 Å². The number of benzene rings is 3. The maximum Gasteiger partial charge on any atom is 0.0561 e. The molecule has 0 saturated heterocycles. The Labute approximate surface area is 153 Å². The van der Waals surface area contributed by atoms with Gasteiger partial charge in [0.15, 0.2) is 0 Å². The number of nitrogens with zero attached hydrogens (tertiary/aromatic N) is 2. The monoisotopic (exact) mass is 339 g/mol. The summed E-state index contributed by atoms with van der Waals surface area (Å²) >= 11 is 0. The molecule has 0 saturated carbocycles. The Balaban J connectivity index is 1.55. The third-order valence-electron chi connectivity index (χ3n) is 4.45. The van der Waals surface area contributed by atoms with Crippen LogP contribution in [0.4, 0.5) is 5.69 Å². The van der Waals surface area contributed by atoms with Crippen molar-refractivity contribution in [2.75, 3.05) is 5.43 Å². The maximum atomic E-state index is 4.34. The minimum atomic E-state index is 0.868. The number of fused-ring (bicyclic) bond motifs is 1. The summed E-state index contributed by atoms with van der Waals surface area (Å²) in [6.45, 7) is 2.98. The molecule has 128 valence electrons. The molecule has 4 aromatic rings. The van der Waals surface area contributed by atoms with E-state index in [9.17, 15) is 0 Å². The van der Waals surface area contributed by atoms with Crippen molar-refractivity contribution in [2.24, 2.45) is 5.10 Å². The van der Waals surface area contributed by atoms with Crippen molar-refractivity contribution >= 4 is 22.8 Å². The van der Waals surface area contributed by atoms with E-state index in [0.29, 0.717) is 0 Å². The summed E-state index contributed by atoms with van der Waals surface area (Å²) in [5.74, 6) is 0. The van der Waals surface area contributed by atoms with Crippen LogP contribution in [0.1, 0.15) is 16.7 Å². The molecule has 0 aliphatic heterocycles. The second kappa shape index (κ2) is 7.28. The zero-order valence-corrected chi connectivity index (χ0v) is 14.8. The van der Waals surface area contributed by atoms with Crippen LogP contribution in [0.15, 0.2) is 90.2 Å². The van der Waals surface area contributed by atoms with E-state index >= 15 is 0 Å². The molecule has 1 N–H and O–H groups in total. The third kappa shape index (κ3) is 3.67. The van der Waals surface area contributed by atoms with Gasteiger partial charge < -0.3 is 4.57 Å². The van der Waals surface area contributed by atoms with Crippen molar-refractivity contribution in [2.45, 2.75) is 13.5 Å². The SMILES string of the molecule is Cc1ccc(Cn2ccc3ccc(C=NNc4ccccc4)cc32)cc1. The number of aromatic nitrogens is 1. The maximum absolute atomic E-state index is 4.34. The highest BCUT2D eigenvalue weighted by atomic mass is 15.3. The van der Waals surface area contributed by atoms with E-state index in [1.165, 1.54) is 22.0 Å². The van der Waals surface area contributed by atoms with Gasteiger partial charge in [0, 0.05) is 18.3 Å². The first-order valence-electron chi connectivity index (χ1n) is 8.76. The summed E-state index contributed by atoms with van der Waals surface area (Å²) < 4.78 is 2.28. The molecule has 0 fully saturated rings. The van der Waals surface area contributed by atoms with Gasteiger partial charge in [-0.25, -0.2) is 0 Å². The van der Waals surface area contributed by atoms with Gasteiger partial charge in [0.05, 0.1) is 11.9 Å². The number of para-hydroxylation sites is 1. The molecule has 1 aromatic heterocycles. The lowest BCUT2D eigenvalue weighted by Gasteiger charge is -2.07. The lowest BCUT2D eigenvalue weighted by atomic mass is 10.1. The number of hydrogen-bond acceptors (Lipinski definition) is 2. The van der Waals surface area contributed by atoms with Gasteiger partial charge in [-0.1, -0.05) is 60.2 Å². The molecule has 26 heavy (non-hydrogen) atoms. The Morgan fingerprint density at radius 3 is 2.54 bits per heavy atom. The van der Waals surface area contributed by atoms with Gasteiger partial charge in [0.25, 0.3) is 0 Å². The Morgan fingerprint density at radius 1 is 0.923 bits per heavy atom. The average molecular weight is 339 g/mol. The van der Waals surface area contributed by atoms with Crippen LogP contribution in [0.3, 0.4) is 0 Å². The highest BCUT2D eigenvalue weighted by molar-refractivity contribution is 5.89. The Morgan fingerprint density at radius 2 is 1.73 bits per heavy atom. The zero-order valence-electron chi connectivity index (χ0n) is 14.8. The zero-order chi connectivity index (χ0) is 17.8. The fourth-order valence-corrected chi connectivity index (χ4v) is 3.00. The summed E-state index contributed by atoms with van der Waals surface area (Å²) in [5.41, 5.74) is 8.92. The first-order valence-corrected chi connectivity index (χ1v) is 8.76. The van der Waals surface area contributed by atoms with E-state index in [0.717, 1.165) is 17.8 Å². The molecular formula is C23H21N3. The molecule has 3 heteroatoms. The highest BCUT2D eigenvalue weighted by Gasteiger charge is 2.03. The minimum Gasteiger partial charge on any atom is -0.343 e. The van der Waals surface area contributed by atoms with Crippen LogP contribution >= 0.6 is 0 Å². The molecule has 0 aliphatic rings. The number of anilines is 1. The van der Waals surface area contributed by atoms with Crippen LogP contribution in [-0.2, 0) is 6.54 Å². The smallest absolute Gasteiger partial charge is 0.0561 e. The van der Waals surface area contributed by atoms with Gasteiger partial charge in [-0.2, -0.15) is 5.10 Å². The van der Waals surface area contributed by atoms with Gasteiger partial charge in [-0.05, 0) is 47.7 Å². The fraction of sp³-hybridized carbons (Fsp3) is 0.0870. The highest BCUT2D eigenvalue weighted by Crippen LogP contribution is 2.19. The summed E-state index contributed by atoms with van der Waals surface area (Å²) in [6.07, 6.45) is 4.00. The molecule has 0 unspecified atom stereocenters. The molecule has 3 aromatic carbocycles. The Hall–Kier alpha value is -3.33. The van der Waals surface area contributed by atoms with E-state index < -0.39 is 0 Å². The molecule has 0 aliphatic carbocycles. The molecular weight excluding hydrogens is 318 g/mol. The molecule has 0 amide bonds. The average Bonchev–Trinajstić information content (AvgIpc) is 3.07. The number of hydrogen-bond donors (Lipinski definition) is 1. The van der Waals surface area contributed by atoms with Crippen molar-refractivity contribution in [3.05, 3.63) is 102 Å². The van der Waals surface area contributed by atoms with Crippen molar-refractivity contribution in [1.29, 1.82) is 0 Å². The molecule has 0 bridgehead atoms. The lowest BCUT2D eigenvalue weighted by Crippen LogP contribution is -1.98. The van der Waals surface area contributed by atoms with Crippen LogP contribution in [0, 0.1) is 6.92 Å². The summed E-state index contributed by atoms with van der Waals surface area (Å²) in [6, 6.07) is 27.2. The van der Waals surface area contributed by atoms with Gasteiger partial charge in [-0.3, -0.25) is 5.43 Å². The van der Waals surface area contributed by atoms with Crippen LogP contribution < -0.4 is 5.43 Å². The van der Waals surface area contributed by atoms with E-state index in [2.05, 4.69) is 76.7 Å². The van der Waals surface area contributed by atoms with Crippen molar-refractivity contribution in [1.82, 2.24) is 4.57 Å². The second-order valence-corrected chi connectivity index (χ2v) is 6.48. The van der Waals surface area contributed by atoms with Crippen molar-refractivity contribution < 1.29 is 0 Å². The summed E-state index contributed by atoms with van der Waals surface area (Å²) in [5, 5.41) is 5.58. The van der Waals surface area contributed by atoms with E-state index in [1.807, 2.05) is 36.5 Å².